The summed E-state index contributed by atoms with van der Waals surface area (Å²) < 4.78 is 56.6. The third kappa shape index (κ3) is 3.55. The maximum Gasteiger partial charge on any atom is 0.418 e. The zero-order valence-electron chi connectivity index (χ0n) is 11.4. The topological polar surface area (TPSA) is 38.3 Å². The van der Waals surface area contributed by atoms with Crippen LogP contribution in [0.2, 0.25) is 0 Å². The van der Waals surface area contributed by atoms with Crippen LogP contribution in [0.4, 0.5) is 23.2 Å². The van der Waals surface area contributed by atoms with Gasteiger partial charge in [-0.2, -0.15) is 13.2 Å². The molecule has 2 aromatic carbocycles. The Kier molecular flexibility index (Phi) is 4.35. The van der Waals surface area contributed by atoms with Crippen molar-refractivity contribution in [1.82, 2.24) is 0 Å². The van der Waals surface area contributed by atoms with Crippen molar-refractivity contribution in [2.75, 3.05) is 12.4 Å². The second-order valence-electron chi connectivity index (χ2n) is 4.37. The summed E-state index contributed by atoms with van der Waals surface area (Å²) in [5.74, 6) is -1.29. The van der Waals surface area contributed by atoms with Gasteiger partial charge in [-0.1, -0.05) is 0 Å². The molecule has 2 rings (SSSR count). The smallest absolute Gasteiger partial charge is 0.418 e. The minimum Gasteiger partial charge on any atom is -0.497 e. The molecule has 0 saturated heterocycles. The molecule has 22 heavy (non-hydrogen) atoms. The number of anilines is 1. The van der Waals surface area contributed by atoms with Gasteiger partial charge in [0.2, 0.25) is 0 Å². The van der Waals surface area contributed by atoms with Gasteiger partial charge in [-0.15, -0.1) is 0 Å². The molecule has 0 heterocycles. The number of benzene rings is 2. The number of amides is 1. The molecule has 0 fully saturated rings. The lowest BCUT2D eigenvalue weighted by atomic mass is 10.1. The van der Waals surface area contributed by atoms with E-state index in [0.29, 0.717) is 0 Å². The Bertz CT molecular complexity index is 681. The Morgan fingerprint density at radius 3 is 2.27 bits per heavy atom. The van der Waals surface area contributed by atoms with Gasteiger partial charge in [-0.3, -0.25) is 4.79 Å². The van der Waals surface area contributed by atoms with Crippen LogP contribution in [0.15, 0.2) is 42.5 Å². The summed E-state index contributed by atoms with van der Waals surface area (Å²) in [5.41, 5.74) is -1.38. The first-order valence-electron chi connectivity index (χ1n) is 6.13. The van der Waals surface area contributed by atoms with E-state index in [4.69, 9.17) is 4.74 Å². The number of ether oxygens (including phenoxy) is 1. The number of carbonyl (C=O) groups is 1. The van der Waals surface area contributed by atoms with Gasteiger partial charge in [0.05, 0.1) is 18.4 Å². The summed E-state index contributed by atoms with van der Waals surface area (Å²) in [5, 5.41) is 2.17. The minimum atomic E-state index is -4.65. The maximum absolute atomic E-state index is 13.0. The Labute approximate surface area is 123 Å². The van der Waals surface area contributed by atoms with Crippen LogP contribution in [-0.2, 0) is 6.18 Å². The zero-order valence-corrected chi connectivity index (χ0v) is 11.4. The van der Waals surface area contributed by atoms with Crippen molar-refractivity contribution in [3.63, 3.8) is 0 Å². The molecule has 0 spiro atoms. The van der Waals surface area contributed by atoms with Crippen molar-refractivity contribution in [1.29, 1.82) is 0 Å². The standard InChI is InChI=1S/C15H11F4NO2/c1-22-11-6-7-13(12(8-11)15(17,18)19)20-14(21)9-2-4-10(16)5-3-9/h2-8H,1H3,(H,20,21). The van der Waals surface area contributed by atoms with Gasteiger partial charge in [0, 0.05) is 5.56 Å². The quantitative estimate of drug-likeness (QED) is 0.866. The van der Waals surface area contributed by atoms with Crippen LogP contribution in [0.1, 0.15) is 15.9 Å². The third-order valence-electron chi connectivity index (χ3n) is 2.89. The predicted octanol–water partition coefficient (Wildman–Crippen LogP) is 4.11. The van der Waals surface area contributed by atoms with Crippen molar-refractivity contribution in [3.8, 4) is 5.75 Å². The minimum absolute atomic E-state index is 0.0205. The molecular weight excluding hydrogens is 302 g/mol. The molecule has 1 amide bonds. The van der Waals surface area contributed by atoms with Crippen LogP contribution < -0.4 is 10.1 Å². The van der Waals surface area contributed by atoms with Crippen molar-refractivity contribution in [3.05, 3.63) is 59.4 Å². The molecule has 0 aromatic heterocycles. The molecule has 2 aromatic rings. The molecule has 0 aliphatic rings. The Hall–Kier alpha value is -2.57. The molecule has 0 saturated carbocycles. The van der Waals surface area contributed by atoms with Crippen molar-refractivity contribution in [2.45, 2.75) is 6.18 Å². The largest absolute Gasteiger partial charge is 0.497 e. The van der Waals surface area contributed by atoms with Crippen LogP contribution in [0.5, 0.6) is 5.75 Å². The molecule has 1 N–H and O–H groups in total. The Balaban J connectivity index is 2.32. The number of hydrogen-bond donors (Lipinski definition) is 1. The van der Waals surface area contributed by atoms with Crippen molar-refractivity contribution >= 4 is 11.6 Å². The molecular formula is C15H11F4NO2. The summed E-state index contributed by atoms with van der Waals surface area (Å²) in [6.07, 6.45) is -4.65. The Morgan fingerprint density at radius 1 is 1.09 bits per heavy atom. The van der Waals surface area contributed by atoms with E-state index in [0.717, 1.165) is 24.3 Å². The van der Waals surface area contributed by atoms with E-state index in [1.54, 1.807) is 0 Å². The first-order valence-corrected chi connectivity index (χ1v) is 6.13. The predicted molar refractivity (Wildman–Crippen MR) is 72.3 cm³/mol. The highest BCUT2D eigenvalue weighted by molar-refractivity contribution is 6.04. The average Bonchev–Trinajstić information content (AvgIpc) is 2.47. The third-order valence-corrected chi connectivity index (χ3v) is 2.89. The van der Waals surface area contributed by atoms with Crippen molar-refractivity contribution in [2.24, 2.45) is 0 Å². The van der Waals surface area contributed by atoms with Crippen LogP contribution in [0.25, 0.3) is 0 Å². The maximum atomic E-state index is 13.0. The normalized spacial score (nSPS) is 11.1. The summed E-state index contributed by atoms with van der Waals surface area (Å²) in [4.78, 5) is 11.9. The molecule has 3 nitrogen and oxygen atoms in total. The highest BCUT2D eigenvalue weighted by Gasteiger charge is 2.34. The van der Waals surface area contributed by atoms with Crippen LogP contribution >= 0.6 is 0 Å². The summed E-state index contributed by atoms with van der Waals surface area (Å²) >= 11 is 0. The van der Waals surface area contributed by atoms with E-state index in [2.05, 4.69) is 5.32 Å². The molecule has 116 valence electrons. The van der Waals surface area contributed by atoms with Crippen LogP contribution in [0.3, 0.4) is 0 Å². The fourth-order valence-electron chi connectivity index (χ4n) is 1.79. The van der Waals surface area contributed by atoms with Gasteiger partial charge < -0.3 is 10.1 Å². The highest BCUT2D eigenvalue weighted by atomic mass is 19.4. The van der Waals surface area contributed by atoms with E-state index >= 15 is 0 Å². The first-order chi connectivity index (χ1) is 10.3. The molecule has 0 atom stereocenters. The molecule has 0 aliphatic heterocycles. The fourth-order valence-corrected chi connectivity index (χ4v) is 1.79. The number of hydrogen-bond acceptors (Lipinski definition) is 2. The van der Waals surface area contributed by atoms with Crippen LogP contribution in [0, 0.1) is 5.82 Å². The summed E-state index contributed by atoms with van der Waals surface area (Å²) in [6, 6.07) is 7.66. The van der Waals surface area contributed by atoms with Gasteiger partial charge in [0.1, 0.15) is 11.6 Å². The van der Waals surface area contributed by atoms with Gasteiger partial charge >= 0.3 is 6.18 Å². The lowest BCUT2D eigenvalue weighted by Gasteiger charge is -2.15. The highest BCUT2D eigenvalue weighted by Crippen LogP contribution is 2.37. The number of alkyl halides is 3. The average molecular weight is 313 g/mol. The van der Waals surface area contributed by atoms with E-state index in [-0.39, 0.29) is 11.3 Å². The van der Waals surface area contributed by atoms with Gasteiger partial charge in [0.25, 0.3) is 5.91 Å². The molecule has 0 aliphatic carbocycles. The first kappa shape index (κ1) is 15.8. The lowest BCUT2D eigenvalue weighted by Crippen LogP contribution is -2.16. The number of nitrogens with one attached hydrogen (secondary N) is 1. The van der Waals surface area contributed by atoms with Crippen molar-refractivity contribution < 1.29 is 27.1 Å². The monoisotopic (exact) mass is 313 g/mol. The van der Waals surface area contributed by atoms with E-state index < -0.39 is 29.2 Å². The van der Waals surface area contributed by atoms with E-state index in [9.17, 15) is 22.4 Å². The summed E-state index contributed by atoms with van der Waals surface area (Å²) in [6.45, 7) is 0. The number of carbonyl (C=O) groups excluding carboxylic acids is 1. The van der Waals surface area contributed by atoms with E-state index in [1.165, 1.54) is 25.3 Å². The molecule has 0 bridgehead atoms. The zero-order chi connectivity index (χ0) is 16.3. The molecule has 0 radical (unpaired) electrons. The van der Waals surface area contributed by atoms with Gasteiger partial charge in [0.15, 0.2) is 0 Å². The van der Waals surface area contributed by atoms with Gasteiger partial charge in [-0.25, -0.2) is 4.39 Å². The fraction of sp³-hybridized carbons (Fsp3) is 0.133. The molecule has 0 unspecified atom stereocenters. The SMILES string of the molecule is COc1ccc(NC(=O)c2ccc(F)cc2)c(C(F)(F)F)c1. The molecule has 7 heteroatoms. The second-order valence-corrected chi connectivity index (χ2v) is 4.37. The van der Waals surface area contributed by atoms with E-state index in [1.807, 2.05) is 0 Å². The second kappa shape index (κ2) is 6.05. The summed E-state index contributed by atoms with van der Waals surface area (Å²) in [7, 11) is 1.24. The number of halogens is 4. The Morgan fingerprint density at radius 2 is 1.73 bits per heavy atom. The lowest BCUT2D eigenvalue weighted by molar-refractivity contribution is -0.137. The van der Waals surface area contributed by atoms with Crippen LogP contribution in [-0.4, -0.2) is 13.0 Å². The number of methoxy groups -OCH3 is 1. The number of rotatable bonds is 3. The van der Waals surface area contributed by atoms with Gasteiger partial charge in [-0.05, 0) is 42.5 Å².